The predicted molar refractivity (Wildman–Crippen MR) is 50.2 cm³/mol. The van der Waals surface area contributed by atoms with Crippen LogP contribution in [0.5, 0.6) is 0 Å². The molecular formula is C9H8BrFO2. The van der Waals surface area contributed by atoms with E-state index in [1.807, 2.05) is 0 Å². The zero-order chi connectivity index (χ0) is 10.0. The maximum Gasteiger partial charge on any atom is 0.307 e. The van der Waals surface area contributed by atoms with Gasteiger partial charge in [0.05, 0.1) is 10.9 Å². The van der Waals surface area contributed by atoms with Gasteiger partial charge in [-0.05, 0) is 40.0 Å². The molecule has 1 rings (SSSR count). The summed E-state index contributed by atoms with van der Waals surface area (Å²) in [6, 6.07) is 2.75. The molecule has 0 aliphatic rings. The number of aliphatic carboxylic acids is 1. The molecule has 0 radical (unpaired) electrons. The van der Waals surface area contributed by atoms with Gasteiger partial charge in [0.25, 0.3) is 0 Å². The lowest BCUT2D eigenvalue weighted by Gasteiger charge is -2.05. The van der Waals surface area contributed by atoms with Crippen molar-refractivity contribution in [1.82, 2.24) is 0 Å². The van der Waals surface area contributed by atoms with Crippen molar-refractivity contribution >= 4 is 21.9 Å². The molecule has 0 atom stereocenters. The van der Waals surface area contributed by atoms with E-state index >= 15 is 0 Å². The summed E-state index contributed by atoms with van der Waals surface area (Å²) in [6.07, 6.45) is -0.0787. The van der Waals surface area contributed by atoms with E-state index in [1.165, 1.54) is 12.1 Å². The second-order valence-corrected chi connectivity index (χ2v) is 3.51. The van der Waals surface area contributed by atoms with Crippen LogP contribution in [0.3, 0.4) is 0 Å². The Hall–Kier alpha value is -0.900. The first kappa shape index (κ1) is 10.2. The van der Waals surface area contributed by atoms with Gasteiger partial charge in [-0.2, -0.15) is 0 Å². The molecule has 13 heavy (non-hydrogen) atoms. The van der Waals surface area contributed by atoms with E-state index in [-0.39, 0.29) is 12.2 Å². The van der Waals surface area contributed by atoms with Crippen LogP contribution in [0.1, 0.15) is 11.1 Å². The van der Waals surface area contributed by atoms with Gasteiger partial charge in [0.15, 0.2) is 0 Å². The van der Waals surface area contributed by atoms with E-state index in [0.29, 0.717) is 15.6 Å². The third-order valence-corrected chi connectivity index (χ3v) is 2.77. The molecule has 0 spiro atoms. The number of carboxylic acids is 1. The minimum Gasteiger partial charge on any atom is -0.481 e. The van der Waals surface area contributed by atoms with Crippen molar-refractivity contribution in [2.75, 3.05) is 0 Å². The quantitative estimate of drug-likeness (QED) is 0.871. The van der Waals surface area contributed by atoms with Crippen molar-refractivity contribution in [1.29, 1.82) is 0 Å². The third-order valence-electron chi connectivity index (χ3n) is 1.79. The summed E-state index contributed by atoms with van der Waals surface area (Å²) in [7, 11) is 0. The average molecular weight is 247 g/mol. The van der Waals surface area contributed by atoms with Gasteiger partial charge in [-0.15, -0.1) is 0 Å². The number of carbonyl (C=O) groups is 1. The second-order valence-electron chi connectivity index (χ2n) is 2.72. The molecule has 0 aromatic heterocycles. The van der Waals surface area contributed by atoms with Gasteiger partial charge < -0.3 is 5.11 Å². The number of benzene rings is 1. The molecule has 0 saturated heterocycles. The molecule has 0 heterocycles. The molecule has 0 fully saturated rings. The lowest BCUT2D eigenvalue weighted by molar-refractivity contribution is -0.136. The van der Waals surface area contributed by atoms with E-state index in [9.17, 15) is 9.18 Å². The van der Waals surface area contributed by atoms with Crippen LogP contribution >= 0.6 is 15.9 Å². The van der Waals surface area contributed by atoms with E-state index in [4.69, 9.17) is 5.11 Å². The third kappa shape index (κ3) is 2.28. The highest BCUT2D eigenvalue weighted by molar-refractivity contribution is 9.10. The number of hydrogen-bond donors (Lipinski definition) is 1. The molecule has 2 nitrogen and oxygen atoms in total. The number of halogens is 2. The van der Waals surface area contributed by atoms with Crippen molar-refractivity contribution < 1.29 is 14.3 Å². The minimum atomic E-state index is -0.915. The fourth-order valence-electron chi connectivity index (χ4n) is 1.05. The van der Waals surface area contributed by atoms with Crippen molar-refractivity contribution in [2.45, 2.75) is 13.3 Å². The van der Waals surface area contributed by atoms with Gasteiger partial charge in [-0.1, -0.05) is 6.07 Å². The zero-order valence-electron chi connectivity index (χ0n) is 6.97. The Morgan fingerprint density at radius 3 is 2.77 bits per heavy atom. The van der Waals surface area contributed by atoms with Gasteiger partial charge in [0, 0.05) is 0 Å². The molecule has 0 aliphatic heterocycles. The Kier molecular flexibility index (Phi) is 3.03. The van der Waals surface area contributed by atoms with Crippen LogP contribution in [0, 0.1) is 12.7 Å². The van der Waals surface area contributed by atoms with Gasteiger partial charge in [-0.25, -0.2) is 4.39 Å². The normalized spacial score (nSPS) is 10.1. The Morgan fingerprint density at radius 1 is 1.62 bits per heavy atom. The van der Waals surface area contributed by atoms with Crippen molar-refractivity contribution in [3.63, 3.8) is 0 Å². The SMILES string of the molecule is Cc1c(CC(=O)O)ccc(F)c1Br. The Balaban J connectivity index is 3.10. The zero-order valence-corrected chi connectivity index (χ0v) is 8.56. The largest absolute Gasteiger partial charge is 0.481 e. The van der Waals surface area contributed by atoms with Crippen LogP contribution < -0.4 is 0 Å². The summed E-state index contributed by atoms with van der Waals surface area (Å²) in [5.41, 5.74) is 1.27. The Labute approximate surface area is 83.5 Å². The van der Waals surface area contributed by atoms with Crippen molar-refractivity contribution in [3.05, 3.63) is 33.5 Å². The lowest BCUT2D eigenvalue weighted by Crippen LogP contribution is -2.02. The molecule has 1 N–H and O–H groups in total. The molecule has 0 bridgehead atoms. The highest BCUT2D eigenvalue weighted by Crippen LogP contribution is 2.23. The van der Waals surface area contributed by atoms with E-state index in [1.54, 1.807) is 6.92 Å². The van der Waals surface area contributed by atoms with Gasteiger partial charge in [-0.3, -0.25) is 4.79 Å². The van der Waals surface area contributed by atoms with Crippen LogP contribution in [0.15, 0.2) is 16.6 Å². The summed E-state index contributed by atoms with van der Waals surface area (Å²) in [5, 5.41) is 8.54. The molecule has 0 amide bonds. The summed E-state index contributed by atoms with van der Waals surface area (Å²) in [5.74, 6) is -1.28. The highest BCUT2D eigenvalue weighted by Gasteiger charge is 2.09. The van der Waals surface area contributed by atoms with Crippen LogP contribution in [-0.2, 0) is 11.2 Å². The first-order chi connectivity index (χ1) is 6.02. The maximum absolute atomic E-state index is 12.9. The summed E-state index contributed by atoms with van der Waals surface area (Å²) >= 11 is 3.05. The molecule has 70 valence electrons. The molecule has 4 heteroatoms. The lowest BCUT2D eigenvalue weighted by atomic mass is 10.1. The van der Waals surface area contributed by atoms with Crippen molar-refractivity contribution in [2.24, 2.45) is 0 Å². The first-order valence-corrected chi connectivity index (χ1v) is 4.47. The fourth-order valence-corrected chi connectivity index (χ4v) is 1.43. The molecule has 1 aromatic carbocycles. The first-order valence-electron chi connectivity index (χ1n) is 3.67. The monoisotopic (exact) mass is 246 g/mol. The summed E-state index contributed by atoms with van der Waals surface area (Å²) in [4.78, 5) is 10.4. The maximum atomic E-state index is 12.9. The second kappa shape index (κ2) is 3.87. The van der Waals surface area contributed by atoms with Crippen LogP contribution in [0.25, 0.3) is 0 Å². The van der Waals surface area contributed by atoms with Crippen molar-refractivity contribution in [3.8, 4) is 0 Å². The molecule has 0 unspecified atom stereocenters. The standard InChI is InChI=1S/C9H8BrFO2/c1-5-6(4-8(12)13)2-3-7(11)9(5)10/h2-3H,4H2,1H3,(H,12,13). The van der Waals surface area contributed by atoms with E-state index < -0.39 is 5.97 Å². The van der Waals surface area contributed by atoms with Gasteiger partial charge in [0.1, 0.15) is 5.82 Å². The van der Waals surface area contributed by atoms with Gasteiger partial charge in [0.2, 0.25) is 0 Å². The number of carboxylic acid groups (broad SMARTS) is 1. The smallest absolute Gasteiger partial charge is 0.307 e. The highest BCUT2D eigenvalue weighted by atomic mass is 79.9. The molecule has 0 aliphatic carbocycles. The average Bonchev–Trinajstić information content (AvgIpc) is 2.06. The van der Waals surface area contributed by atoms with Crippen LogP contribution in [-0.4, -0.2) is 11.1 Å². The predicted octanol–water partition coefficient (Wildman–Crippen LogP) is 2.52. The van der Waals surface area contributed by atoms with Gasteiger partial charge >= 0.3 is 5.97 Å². The Morgan fingerprint density at radius 2 is 2.23 bits per heavy atom. The van der Waals surface area contributed by atoms with E-state index in [0.717, 1.165) is 0 Å². The molecule has 1 aromatic rings. The topological polar surface area (TPSA) is 37.3 Å². The van der Waals surface area contributed by atoms with Crippen LogP contribution in [0.2, 0.25) is 0 Å². The number of rotatable bonds is 2. The molecular weight excluding hydrogens is 239 g/mol. The Bertz CT molecular complexity index is 350. The summed E-state index contributed by atoms with van der Waals surface area (Å²) < 4.78 is 13.2. The number of hydrogen-bond acceptors (Lipinski definition) is 1. The molecule has 0 saturated carbocycles. The fraction of sp³-hybridized carbons (Fsp3) is 0.222. The summed E-state index contributed by atoms with van der Waals surface area (Å²) in [6.45, 7) is 1.69. The van der Waals surface area contributed by atoms with E-state index in [2.05, 4.69) is 15.9 Å². The van der Waals surface area contributed by atoms with Crippen LogP contribution in [0.4, 0.5) is 4.39 Å². The minimum absolute atomic E-state index is 0.0787.